The van der Waals surface area contributed by atoms with Gasteiger partial charge in [-0.1, -0.05) is 18.5 Å². The van der Waals surface area contributed by atoms with E-state index in [4.69, 9.17) is 11.6 Å². The van der Waals surface area contributed by atoms with E-state index in [0.29, 0.717) is 16.6 Å². The number of hydrogen-bond donors (Lipinski definition) is 1. The highest BCUT2D eigenvalue weighted by molar-refractivity contribution is 7.15. The number of thiazole rings is 1. The maximum Gasteiger partial charge on any atom is 0.133 e. The van der Waals surface area contributed by atoms with Gasteiger partial charge in [0.25, 0.3) is 0 Å². The van der Waals surface area contributed by atoms with Crippen molar-refractivity contribution in [2.45, 2.75) is 32.2 Å². The van der Waals surface area contributed by atoms with E-state index in [1.54, 1.807) is 23.5 Å². The van der Waals surface area contributed by atoms with E-state index in [0.717, 1.165) is 36.5 Å². The maximum absolute atomic E-state index is 14.0. The van der Waals surface area contributed by atoms with Crippen molar-refractivity contribution in [3.63, 3.8) is 0 Å². The quantitative estimate of drug-likeness (QED) is 0.897. The Kier molecular flexibility index (Phi) is 4.06. The fraction of sp³-hybridized carbons (Fsp3) is 0.400. The Morgan fingerprint density at radius 3 is 3.15 bits per heavy atom. The summed E-state index contributed by atoms with van der Waals surface area (Å²) < 4.78 is 14.0. The SMILES string of the molecule is CCNC1CCCc2sc(-c3cc(Cl)ccc3F)nc21. The molecule has 1 atom stereocenters. The minimum Gasteiger partial charge on any atom is -0.309 e. The number of nitrogens with one attached hydrogen (secondary N) is 1. The molecule has 0 saturated heterocycles. The highest BCUT2D eigenvalue weighted by atomic mass is 35.5. The van der Waals surface area contributed by atoms with Gasteiger partial charge >= 0.3 is 0 Å². The van der Waals surface area contributed by atoms with E-state index >= 15 is 0 Å². The fourth-order valence-corrected chi connectivity index (χ4v) is 3.99. The third kappa shape index (κ3) is 2.60. The van der Waals surface area contributed by atoms with Crippen molar-refractivity contribution in [3.05, 3.63) is 39.6 Å². The van der Waals surface area contributed by atoms with Crippen molar-refractivity contribution >= 4 is 22.9 Å². The van der Waals surface area contributed by atoms with Crippen molar-refractivity contribution in [1.29, 1.82) is 0 Å². The van der Waals surface area contributed by atoms with Crippen molar-refractivity contribution in [2.24, 2.45) is 0 Å². The van der Waals surface area contributed by atoms with E-state index in [-0.39, 0.29) is 5.82 Å². The summed E-state index contributed by atoms with van der Waals surface area (Å²) in [5.41, 5.74) is 1.60. The van der Waals surface area contributed by atoms with E-state index < -0.39 is 0 Å². The lowest BCUT2D eigenvalue weighted by molar-refractivity contribution is 0.465. The van der Waals surface area contributed by atoms with Gasteiger partial charge in [0, 0.05) is 15.5 Å². The first-order chi connectivity index (χ1) is 9.69. The van der Waals surface area contributed by atoms with E-state index in [1.165, 1.54) is 10.9 Å². The second-order valence-corrected chi connectivity index (χ2v) is 6.47. The molecule has 2 nitrogen and oxygen atoms in total. The predicted molar refractivity (Wildman–Crippen MR) is 81.9 cm³/mol. The molecule has 0 saturated carbocycles. The molecule has 1 N–H and O–H groups in total. The minimum absolute atomic E-state index is 0.263. The Balaban J connectivity index is 2.02. The number of aryl methyl sites for hydroxylation is 1. The minimum atomic E-state index is -0.263. The average molecular weight is 311 g/mol. The van der Waals surface area contributed by atoms with Gasteiger partial charge in [-0.3, -0.25) is 0 Å². The summed E-state index contributed by atoms with van der Waals surface area (Å²) in [6.07, 6.45) is 3.30. The summed E-state index contributed by atoms with van der Waals surface area (Å²) in [6, 6.07) is 4.93. The lowest BCUT2D eigenvalue weighted by atomic mass is 9.97. The number of halogens is 2. The zero-order valence-corrected chi connectivity index (χ0v) is 12.8. The third-order valence-electron chi connectivity index (χ3n) is 3.56. The number of hydrogen-bond acceptors (Lipinski definition) is 3. The summed E-state index contributed by atoms with van der Waals surface area (Å²) in [4.78, 5) is 5.95. The molecule has 1 unspecified atom stereocenters. The Hall–Kier alpha value is -0.970. The van der Waals surface area contributed by atoms with Crippen molar-refractivity contribution in [3.8, 4) is 10.6 Å². The maximum atomic E-state index is 14.0. The van der Waals surface area contributed by atoms with Gasteiger partial charge in [-0.05, 0) is 44.0 Å². The predicted octanol–water partition coefficient (Wildman–Crippen LogP) is 4.59. The summed E-state index contributed by atoms with van der Waals surface area (Å²) in [5.74, 6) is -0.263. The summed E-state index contributed by atoms with van der Waals surface area (Å²) in [7, 11) is 0. The standard InChI is InChI=1S/C15H16ClFN2S/c1-2-18-12-4-3-5-13-14(12)19-15(20-13)10-8-9(16)6-7-11(10)17/h6-8,12,18H,2-5H2,1H3. The van der Waals surface area contributed by atoms with Gasteiger partial charge in [-0.2, -0.15) is 0 Å². The lowest BCUT2D eigenvalue weighted by Gasteiger charge is -2.21. The highest BCUT2D eigenvalue weighted by Crippen LogP contribution is 2.38. The van der Waals surface area contributed by atoms with Crippen LogP contribution in [0, 0.1) is 5.82 Å². The van der Waals surface area contributed by atoms with Crippen LogP contribution < -0.4 is 5.32 Å². The molecule has 1 aromatic carbocycles. The van der Waals surface area contributed by atoms with Gasteiger partial charge in [0.1, 0.15) is 10.8 Å². The molecular weight excluding hydrogens is 295 g/mol. The fourth-order valence-electron chi connectivity index (χ4n) is 2.64. The van der Waals surface area contributed by atoms with Gasteiger partial charge < -0.3 is 5.32 Å². The summed E-state index contributed by atoms with van der Waals surface area (Å²) in [6.45, 7) is 3.01. The van der Waals surface area contributed by atoms with Crippen LogP contribution in [0.3, 0.4) is 0 Å². The number of fused-ring (bicyclic) bond motifs is 1. The first kappa shape index (κ1) is 14.0. The zero-order chi connectivity index (χ0) is 14.1. The molecule has 1 heterocycles. The van der Waals surface area contributed by atoms with Crippen molar-refractivity contribution in [2.75, 3.05) is 6.54 Å². The van der Waals surface area contributed by atoms with Crippen LogP contribution in [0.2, 0.25) is 5.02 Å². The van der Waals surface area contributed by atoms with Gasteiger partial charge in [-0.25, -0.2) is 9.37 Å². The molecule has 0 radical (unpaired) electrons. The number of rotatable bonds is 3. The first-order valence-corrected chi connectivity index (χ1v) is 8.07. The topological polar surface area (TPSA) is 24.9 Å². The molecule has 3 rings (SSSR count). The van der Waals surface area contributed by atoms with Crippen LogP contribution in [-0.2, 0) is 6.42 Å². The summed E-state index contributed by atoms with van der Waals surface area (Å²) >= 11 is 7.56. The van der Waals surface area contributed by atoms with Crippen LogP contribution >= 0.6 is 22.9 Å². The molecule has 0 spiro atoms. The molecule has 0 amide bonds. The van der Waals surface area contributed by atoms with Gasteiger partial charge in [0.15, 0.2) is 0 Å². The van der Waals surface area contributed by atoms with Crippen molar-refractivity contribution in [1.82, 2.24) is 10.3 Å². The van der Waals surface area contributed by atoms with Gasteiger partial charge in [-0.15, -0.1) is 11.3 Å². The second kappa shape index (κ2) is 5.80. The van der Waals surface area contributed by atoms with Gasteiger partial charge in [0.2, 0.25) is 0 Å². The Morgan fingerprint density at radius 1 is 1.50 bits per heavy atom. The zero-order valence-electron chi connectivity index (χ0n) is 11.2. The highest BCUT2D eigenvalue weighted by Gasteiger charge is 2.25. The number of aromatic nitrogens is 1. The molecule has 1 aliphatic rings. The Labute approximate surface area is 127 Å². The monoisotopic (exact) mass is 310 g/mol. The van der Waals surface area contributed by atoms with E-state index in [1.807, 2.05) is 0 Å². The van der Waals surface area contributed by atoms with Crippen molar-refractivity contribution < 1.29 is 4.39 Å². The smallest absolute Gasteiger partial charge is 0.133 e. The molecule has 0 bridgehead atoms. The third-order valence-corrected chi connectivity index (χ3v) is 4.96. The molecular formula is C15H16ClFN2S. The van der Waals surface area contributed by atoms with E-state index in [9.17, 15) is 4.39 Å². The van der Waals surface area contributed by atoms with Crippen LogP contribution in [0.1, 0.15) is 36.4 Å². The largest absolute Gasteiger partial charge is 0.309 e. The number of benzene rings is 1. The Bertz CT molecular complexity index is 626. The normalized spacial score (nSPS) is 18.1. The number of nitrogens with zero attached hydrogens (tertiary/aromatic N) is 1. The molecule has 5 heteroatoms. The van der Waals surface area contributed by atoms with Crippen LogP contribution in [0.25, 0.3) is 10.6 Å². The molecule has 106 valence electrons. The van der Waals surface area contributed by atoms with E-state index in [2.05, 4.69) is 17.2 Å². The molecule has 0 fully saturated rings. The average Bonchev–Trinajstić information content (AvgIpc) is 2.87. The molecule has 0 aliphatic heterocycles. The Morgan fingerprint density at radius 2 is 2.35 bits per heavy atom. The van der Waals surface area contributed by atoms with Crippen LogP contribution in [-0.4, -0.2) is 11.5 Å². The summed E-state index contributed by atoms with van der Waals surface area (Å²) in [5, 5.41) is 4.73. The van der Waals surface area contributed by atoms with Crippen LogP contribution in [0.4, 0.5) is 4.39 Å². The first-order valence-electron chi connectivity index (χ1n) is 6.87. The molecule has 2 aromatic rings. The van der Waals surface area contributed by atoms with Crippen LogP contribution in [0.15, 0.2) is 18.2 Å². The van der Waals surface area contributed by atoms with Crippen LogP contribution in [0.5, 0.6) is 0 Å². The molecule has 20 heavy (non-hydrogen) atoms. The molecule has 1 aliphatic carbocycles. The van der Waals surface area contributed by atoms with Gasteiger partial charge in [0.05, 0.1) is 11.7 Å². The lowest BCUT2D eigenvalue weighted by Crippen LogP contribution is -2.24. The second-order valence-electron chi connectivity index (χ2n) is 4.95. The molecule has 1 aromatic heterocycles.